The van der Waals surface area contributed by atoms with Gasteiger partial charge < -0.3 is 5.11 Å². The van der Waals surface area contributed by atoms with Gasteiger partial charge in [0, 0.05) is 28.1 Å². The highest BCUT2D eigenvalue weighted by atomic mass is 35.5. The Labute approximate surface area is 179 Å². The largest absolute Gasteiger partial charge is 0.493 e. The molecular formula is C20H17ClN4O4S. The van der Waals surface area contributed by atoms with Gasteiger partial charge in [-0.1, -0.05) is 17.7 Å². The number of amides is 1. The lowest BCUT2D eigenvalue weighted by molar-refractivity contribution is -0.130. The topological polar surface area (TPSA) is 108 Å². The van der Waals surface area contributed by atoms with Crippen LogP contribution in [0.1, 0.15) is 34.7 Å². The van der Waals surface area contributed by atoms with E-state index < -0.39 is 17.1 Å². The minimum atomic E-state index is -0.809. The molecule has 0 saturated heterocycles. The molecule has 30 heavy (non-hydrogen) atoms. The summed E-state index contributed by atoms with van der Waals surface area (Å²) >= 11 is 7.54. The molecule has 1 atom stereocenters. The van der Waals surface area contributed by atoms with Crippen LogP contribution in [0.15, 0.2) is 51.1 Å². The van der Waals surface area contributed by atoms with Crippen LogP contribution in [-0.4, -0.2) is 31.3 Å². The van der Waals surface area contributed by atoms with E-state index in [4.69, 9.17) is 11.6 Å². The Bertz CT molecular complexity index is 1310. The second-order valence-electron chi connectivity index (χ2n) is 6.85. The quantitative estimate of drug-likeness (QED) is 0.647. The van der Waals surface area contributed by atoms with Crippen molar-refractivity contribution in [2.24, 2.45) is 5.10 Å². The van der Waals surface area contributed by atoms with Gasteiger partial charge in [-0.15, -0.1) is 11.3 Å². The van der Waals surface area contributed by atoms with Gasteiger partial charge in [0.05, 0.1) is 17.4 Å². The van der Waals surface area contributed by atoms with E-state index in [0.717, 1.165) is 14.3 Å². The summed E-state index contributed by atoms with van der Waals surface area (Å²) < 4.78 is 0.950. The molecule has 3 aromatic rings. The van der Waals surface area contributed by atoms with Crippen LogP contribution in [0.25, 0.3) is 5.69 Å². The third kappa shape index (κ3) is 3.46. The summed E-state index contributed by atoms with van der Waals surface area (Å²) in [4.78, 5) is 41.4. The fraction of sp³-hybridized carbons (Fsp3) is 0.200. The molecule has 4 rings (SSSR count). The van der Waals surface area contributed by atoms with Gasteiger partial charge in [-0.2, -0.15) is 5.10 Å². The second kappa shape index (κ2) is 7.58. The first-order valence-electron chi connectivity index (χ1n) is 9.04. The molecule has 0 aliphatic carbocycles. The van der Waals surface area contributed by atoms with Crippen molar-refractivity contribution in [2.75, 3.05) is 0 Å². The van der Waals surface area contributed by atoms with Crippen LogP contribution in [0.2, 0.25) is 5.02 Å². The van der Waals surface area contributed by atoms with Crippen LogP contribution < -0.4 is 11.2 Å². The zero-order valence-corrected chi connectivity index (χ0v) is 17.6. The van der Waals surface area contributed by atoms with E-state index in [1.54, 1.807) is 18.2 Å². The van der Waals surface area contributed by atoms with Crippen molar-refractivity contribution in [3.8, 4) is 11.6 Å². The van der Waals surface area contributed by atoms with Gasteiger partial charge in [0.25, 0.3) is 5.56 Å². The van der Waals surface area contributed by atoms with Gasteiger partial charge >= 0.3 is 5.69 Å². The van der Waals surface area contributed by atoms with Crippen molar-refractivity contribution in [3.63, 3.8) is 0 Å². The summed E-state index contributed by atoms with van der Waals surface area (Å²) in [7, 11) is 0. The predicted molar refractivity (Wildman–Crippen MR) is 115 cm³/mol. The molecule has 0 bridgehead atoms. The highest BCUT2D eigenvalue weighted by molar-refractivity contribution is 7.12. The van der Waals surface area contributed by atoms with Crippen molar-refractivity contribution in [2.45, 2.75) is 26.3 Å². The Morgan fingerprint density at radius 1 is 1.30 bits per heavy atom. The van der Waals surface area contributed by atoms with Crippen LogP contribution >= 0.6 is 22.9 Å². The number of halogens is 1. The summed E-state index contributed by atoms with van der Waals surface area (Å²) in [6, 6.07) is 9.77. The fourth-order valence-electron chi connectivity index (χ4n) is 3.45. The van der Waals surface area contributed by atoms with Crippen molar-refractivity contribution in [1.82, 2.24) is 14.6 Å². The predicted octanol–water partition coefficient (Wildman–Crippen LogP) is 2.95. The van der Waals surface area contributed by atoms with Crippen LogP contribution in [0.4, 0.5) is 0 Å². The number of benzene rings is 1. The Balaban J connectivity index is 1.85. The first-order chi connectivity index (χ1) is 14.3. The van der Waals surface area contributed by atoms with Gasteiger partial charge in [0.15, 0.2) is 0 Å². The van der Waals surface area contributed by atoms with E-state index in [0.29, 0.717) is 5.02 Å². The molecule has 0 saturated carbocycles. The number of carbonyl (C=O) groups excluding carboxylic acids is 1. The van der Waals surface area contributed by atoms with E-state index in [1.165, 1.54) is 29.3 Å². The number of hydrogen-bond donors (Lipinski definition) is 2. The number of rotatable bonds is 3. The summed E-state index contributed by atoms with van der Waals surface area (Å²) in [5.41, 5.74) is -1.24. The maximum absolute atomic E-state index is 12.6. The number of aryl methyl sites for hydroxylation is 1. The maximum atomic E-state index is 12.6. The Morgan fingerprint density at radius 3 is 2.70 bits per heavy atom. The van der Waals surface area contributed by atoms with Crippen molar-refractivity contribution >= 4 is 34.6 Å². The molecule has 0 radical (unpaired) electrons. The molecule has 0 unspecified atom stereocenters. The number of H-pyrrole nitrogens is 1. The SMILES string of the molecule is CC(=O)N1N=C(c2c(O)n(-c3cccc(Cl)c3)c(=O)[nH]c2=O)C[C@@H]1c1ccc(C)s1. The molecule has 8 nitrogen and oxygen atoms in total. The van der Waals surface area contributed by atoms with Crippen LogP contribution in [-0.2, 0) is 4.79 Å². The van der Waals surface area contributed by atoms with E-state index in [9.17, 15) is 19.5 Å². The average molecular weight is 445 g/mol. The Kier molecular flexibility index (Phi) is 5.08. The van der Waals surface area contributed by atoms with Gasteiger partial charge in [0.1, 0.15) is 5.56 Å². The number of aromatic nitrogens is 2. The number of nitrogens with one attached hydrogen (secondary N) is 1. The van der Waals surface area contributed by atoms with Gasteiger partial charge in [-0.05, 0) is 37.3 Å². The third-order valence-electron chi connectivity index (χ3n) is 4.76. The molecule has 1 aromatic carbocycles. The second-order valence-corrected chi connectivity index (χ2v) is 8.61. The smallest absolute Gasteiger partial charge is 0.335 e. The zero-order valence-electron chi connectivity index (χ0n) is 16.0. The summed E-state index contributed by atoms with van der Waals surface area (Å²) in [6.45, 7) is 3.34. The number of nitrogens with zero attached hydrogens (tertiary/aromatic N) is 3. The molecule has 1 aliphatic rings. The number of aromatic hydroxyl groups is 1. The molecule has 2 aromatic heterocycles. The number of hydrazone groups is 1. The average Bonchev–Trinajstić information content (AvgIpc) is 3.28. The first-order valence-corrected chi connectivity index (χ1v) is 10.2. The lowest BCUT2D eigenvalue weighted by atomic mass is 10.0. The van der Waals surface area contributed by atoms with Gasteiger partial charge in [0.2, 0.25) is 11.8 Å². The summed E-state index contributed by atoms with van der Waals surface area (Å²) in [5, 5.41) is 16.8. The molecule has 0 fully saturated rings. The summed E-state index contributed by atoms with van der Waals surface area (Å²) in [5.74, 6) is -0.851. The molecule has 10 heteroatoms. The lowest BCUT2D eigenvalue weighted by Crippen LogP contribution is -2.33. The monoisotopic (exact) mass is 444 g/mol. The fourth-order valence-corrected chi connectivity index (χ4v) is 4.59. The number of carbonyl (C=O) groups is 1. The molecule has 0 spiro atoms. The maximum Gasteiger partial charge on any atom is 0.335 e. The van der Waals surface area contributed by atoms with Crippen molar-refractivity contribution < 1.29 is 9.90 Å². The van der Waals surface area contributed by atoms with Crippen molar-refractivity contribution in [1.29, 1.82) is 0 Å². The highest BCUT2D eigenvalue weighted by Gasteiger charge is 2.35. The van der Waals surface area contributed by atoms with Gasteiger partial charge in [-0.25, -0.2) is 14.4 Å². The van der Waals surface area contributed by atoms with Crippen molar-refractivity contribution in [3.05, 3.63) is 77.6 Å². The van der Waals surface area contributed by atoms with Crippen LogP contribution in [0, 0.1) is 6.92 Å². The first kappa shape index (κ1) is 20.1. The molecular weight excluding hydrogens is 428 g/mol. The number of aromatic amines is 1. The number of hydrogen-bond acceptors (Lipinski definition) is 6. The van der Waals surface area contributed by atoms with E-state index >= 15 is 0 Å². The van der Waals surface area contributed by atoms with E-state index in [1.807, 2.05) is 19.1 Å². The standard InChI is InChI=1S/C20H17ClN4O4S/c1-10-6-7-16(30-10)15-9-14(23-25(15)11(2)26)17-18(27)22-20(29)24(19(17)28)13-5-3-4-12(21)8-13/h3-8,15,28H,9H2,1-2H3,(H,22,27,29)/t15-/m1/s1. The minimum Gasteiger partial charge on any atom is -0.493 e. The Morgan fingerprint density at radius 2 is 2.07 bits per heavy atom. The third-order valence-corrected chi connectivity index (χ3v) is 6.10. The molecule has 3 heterocycles. The normalized spacial score (nSPS) is 16.0. The van der Waals surface area contributed by atoms with Crippen LogP contribution in [0.5, 0.6) is 5.88 Å². The molecule has 2 N–H and O–H groups in total. The molecule has 1 amide bonds. The number of thiophene rings is 1. The lowest BCUT2D eigenvalue weighted by Gasteiger charge is -2.18. The molecule has 1 aliphatic heterocycles. The Hall–Kier alpha value is -3.17. The summed E-state index contributed by atoms with van der Waals surface area (Å²) in [6.07, 6.45) is 0.226. The minimum absolute atomic E-state index is 0.156. The molecule has 154 valence electrons. The highest BCUT2D eigenvalue weighted by Crippen LogP contribution is 2.37. The van der Waals surface area contributed by atoms with E-state index in [2.05, 4.69) is 10.1 Å². The zero-order chi connectivity index (χ0) is 21.6. The van der Waals surface area contributed by atoms with Gasteiger partial charge in [-0.3, -0.25) is 14.6 Å². The van der Waals surface area contributed by atoms with Crippen LogP contribution in [0.3, 0.4) is 0 Å². The van der Waals surface area contributed by atoms with E-state index in [-0.39, 0.29) is 35.3 Å².